The van der Waals surface area contributed by atoms with Crippen molar-refractivity contribution in [1.82, 2.24) is 0 Å². The van der Waals surface area contributed by atoms with Gasteiger partial charge in [0.05, 0.1) is 11.8 Å². The zero-order valence-corrected chi connectivity index (χ0v) is 9.66. The molecule has 1 aromatic rings. The van der Waals surface area contributed by atoms with E-state index >= 15 is 0 Å². The summed E-state index contributed by atoms with van der Waals surface area (Å²) in [5, 5.41) is 3.49. The van der Waals surface area contributed by atoms with Gasteiger partial charge in [0.15, 0.2) is 5.72 Å². The highest BCUT2D eigenvalue weighted by Crippen LogP contribution is 2.60. The molecule has 88 valence electrons. The fourth-order valence-electron chi connectivity index (χ4n) is 3.98. The lowest BCUT2D eigenvalue weighted by molar-refractivity contribution is -0.148. The highest BCUT2D eigenvalue weighted by atomic mass is 16.6. The Labute approximate surface area is 100 Å². The van der Waals surface area contributed by atoms with Gasteiger partial charge in [-0.25, -0.2) is 0 Å². The van der Waals surface area contributed by atoms with Crippen LogP contribution in [0.15, 0.2) is 24.3 Å². The predicted molar refractivity (Wildman–Crippen MR) is 63.7 cm³/mol. The van der Waals surface area contributed by atoms with Crippen molar-refractivity contribution >= 4 is 11.7 Å². The van der Waals surface area contributed by atoms with Crippen LogP contribution in [-0.2, 0) is 14.9 Å². The second kappa shape index (κ2) is 2.84. The third-order valence-electron chi connectivity index (χ3n) is 4.67. The number of anilines is 1. The summed E-state index contributed by atoms with van der Waals surface area (Å²) < 4.78 is 5.70. The molecule has 1 saturated carbocycles. The van der Waals surface area contributed by atoms with Crippen molar-refractivity contribution in [2.24, 2.45) is 0 Å². The molecule has 1 saturated heterocycles. The maximum atomic E-state index is 11.8. The Bertz CT molecular complexity index is 513. The first-order valence-electron chi connectivity index (χ1n) is 6.35. The number of carbonyl (C=O) groups excluding carboxylic acids is 1. The van der Waals surface area contributed by atoms with E-state index in [0.29, 0.717) is 6.42 Å². The molecule has 2 unspecified atom stereocenters. The number of hydrogen-bond donors (Lipinski definition) is 1. The van der Waals surface area contributed by atoms with E-state index in [4.69, 9.17) is 4.74 Å². The molecule has 0 radical (unpaired) electrons. The van der Waals surface area contributed by atoms with Crippen LogP contribution in [0.25, 0.3) is 0 Å². The van der Waals surface area contributed by atoms with Crippen LogP contribution in [0.1, 0.15) is 37.7 Å². The van der Waals surface area contributed by atoms with Crippen LogP contribution in [0.2, 0.25) is 0 Å². The Morgan fingerprint density at radius 3 is 2.94 bits per heavy atom. The lowest BCUT2D eigenvalue weighted by Crippen LogP contribution is -2.51. The Hall–Kier alpha value is -1.51. The van der Waals surface area contributed by atoms with Gasteiger partial charge in [0.2, 0.25) is 0 Å². The first-order chi connectivity index (χ1) is 8.26. The number of fused-ring (bicyclic) bond motifs is 1. The molecule has 4 rings (SSSR count). The quantitative estimate of drug-likeness (QED) is 0.695. The first-order valence-corrected chi connectivity index (χ1v) is 6.35. The summed E-state index contributed by atoms with van der Waals surface area (Å²) in [7, 11) is 0. The average molecular weight is 229 g/mol. The second-order valence-electron chi connectivity index (χ2n) is 5.44. The molecular formula is C14H15NO2. The molecule has 3 aliphatic rings. The minimum Gasteiger partial charge on any atom is -0.438 e. The Morgan fingerprint density at radius 1 is 1.18 bits per heavy atom. The third-order valence-corrected chi connectivity index (χ3v) is 4.67. The van der Waals surface area contributed by atoms with Crippen LogP contribution in [0, 0.1) is 0 Å². The highest BCUT2D eigenvalue weighted by molar-refractivity contribution is 5.81. The molecule has 2 fully saturated rings. The van der Waals surface area contributed by atoms with Crippen molar-refractivity contribution in [3.63, 3.8) is 0 Å². The molecular weight excluding hydrogens is 214 g/mol. The monoisotopic (exact) mass is 229 g/mol. The molecule has 0 aromatic heterocycles. The maximum Gasteiger partial charge on any atom is 0.309 e. The third kappa shape index (κ3) is 0.961. The summed E-state index contributed by atoms with van der Waals surface area (Å²) in [5.74, 6) is -0.0473. The lowest BCUT2D eigenvalue weighted by Gasteiger charge is -2.41. The molecule has 2 aliphatic heterocycles. The smallest absolute Gasteiger partial charge is 0.309 e. The molecule has 17 heavy (non-hydrogen) atoms. The topological polar surface area (TPSA) is 38.3 Å². The van der Waals surface area contributed by atoms with Gasteiger partial charge >= 0.3 is 5.97 Å². The highest BCUT2D eigenvalue weighted by Gasteiger charge is 2.66. The van der Waals surface area contributed by atoms with Gasteiger partial charge in [-0.1, -0.05) is 24.6 Å². The molecule has 1 aliphatic carbocycles. The van der Waals surface area contributed by atoms with E-state index in [1.54, 1.807) is 0 Å². The van der Waals surface area contributed by atoms with Crippen LogP contribution >= 0.6 is 0 Å². The number of carbonyl (C=O) groups is 1. The molecule has 3 heteroatoms. The summed E-state index contributed by atoms with van der Waals surface area (Å²) in [6.07, 6.45) is 4.86. The van der Waals surface area contributed by atoms with Crippen molar-refractivity contribution in [2.75, 3.05) is 5.32 Å². The number of hydrogen-bond acceptors (Lipinski definition) is 3. The lowest BCUT2D eigenvalue weighted by atomic mass is 9.65. The molecule has 0 spiro atoms. The standard InChI is InChI=1S/C14H15NO2/c16-12-9-13-7-3-4-8-14(13,17-12)15-11-6-2-1-5-10(11)13/h1-2,5-6,15H,3-4,7-9H2. The molecule has 1 aromatic carbocycles. The van der Waals surface area contributed by atoms with Gasteiger partial charge in [0.25, 0.3) is 0 Å². The second-order valence-corrected chi connectivity index (χ2v) is 5.44. The summed E-state index contributed by atoms with van der Waals surface area (Å²) >= 11 is 0. The molecule has 2 atom stereocenters. The minimum atomic E-state index is -0.438. The number of nitrogens with one attached hydrogen (secondary N) is 1. The summed E-state index contributed by atoms with van der Waals surface area (Å²) in [4.78, 5) is 11.8. The van der Waals surface area contributed by atoms with E-state index in [9.17, 15) is 4.79 Å². The summed E-state index contributed by atoms with van der Waals surface area (Å²) in [5.41, 5.74) is 1.90. The van der Waals surface area contributed by atoms with E-state index in [1.165, 1.54) is 12.0 Å². The van der Waals surface area contributed by atoms with Gasteiger partial charge < -0.3 is 10.1 Å². The normalized spacial score (nSPS) is 37.8. The van der Waals surface area contributed by atoms with Crippen LogP contribution in [0.3, 0.4) is 0 Å². The van der Waals surface area contributed by atoms with E-state index < -0.39 is 5.72 Å². The Kier molecular flexibility index (Phi) is 1.59. The van der Waals surface area contributed by atoms with Gasteiger partial charge in [-0.3, -0.25) is 4.79 Å². The van der Waals surface area contributed by atoms with Crippen molar-refractivity contribution in [3.8, 4) is 0 Å². The van der Waals surface area contributed by atoms with Crippen molar-refractivity contribution < 1.29 is 9.53 Å². The van der Waals surface area contributed by atoms with Gasteiger partial charge in [-0.05, 0) is 24.5 Å². The average Bonchev–Trinajstić information content (AvgIpc) is 2.75. The molecule has 0 bridgehead atoms. The van der Waals surface area contributed by atoms with Crippen molar-refractivity contribution in [2.45, 2.75) is 43.2 Å². The van der Waals surface area contributed by atoms with Gasteiger partial charge in [-0.2, -0.15) is 0 Å². The Morgan fingerprint density at radius 2 is 2.00 bits per heavy atom. The molecule has 1 N–H and O–H groups in total. The fraction of sp³-hybridized carbons (Fsp3) is 0.500. The van der Waals surface area contributed by atoms with Gasteiger partial charge in [0, 0.05) is 12.1 Å². The van der Waals surface area contributed by atoms with E-state index in [1.807, 2.05) is 6.07 Å². The molecule has 3 nitrogen and oxygen atoms in total. The fourth-order valence-corrected chi connectivity index (χ4v) is 3.98. The molecule has 0 amide bonds. The van der Waals surface area contributed by atoms with Gasteiger partial charge in [0.1, 0.15) is 0 Å². The van der Waals surface area contributed by atoms with Crippen LogP contribution in [-0.4, -0.2) is 11.7 Å². The summed E-state index contributed by atoms with van der Waals surface area (Å²) in [6.45, 7) is 0. The number of rotatable bonds is 0. The number of ether oxygens (including phenoxy) is 1. The van der Waals surface area contributed by atoms with E-state index in [2.05, 4.69) is 23.5 Å². The van der Waals surface area contributed by atoms with Crippen LogP contribution in [0.4, 0.5) is 5.69 Å². The number of para-hydroxylation sites is 1. The first kappa shape index (κ1) is 9.51. The number of benzene rings is 1. The number of esters is 1. The molecule has 2 heterocycles. The predicted octanol–water partition coefficient (Wildman–Crippen LogP) is 2.57. The van der Waals surface area contributed by atoms with E-state index in [-0.39, 0.29) is 11.4 Å². The van der Waals surface area contributed by atoms with Crippen molar-refractivity contribution in [3.05, 3.63) is 29.8 Å². The van der Waals surface area contributed by atoms with E-state index in [0.717, 1.165) is 24.9 Å². The summed E-state index contributed by atoms with van der Waals surface area (Å²) in [6, 6.07) is 8.34. The van der Waals surface area contributed by atoms with Crippen LogP contribution in [0.5, 0.6) is 0 Å². The maximum absolute atomic E-state index is 11.8. The largest absolute Gasteiger partial charge is 0.438 e. The Balaban J connectivity index is 1.96. The van der Waals surface area contributed by atoms with Crippen LogP contribution < -0.4 is 5.32 Å². The minimum absolute atomic E-state index is 0.0473. The zero-order chi connectivity index (χ0) is 11.5. The SMILES string of the molecule is O=C1CC23CCCCC2(Nc2ccccc23)O1. The zero-order valence-electron chi connectivity index (χ0n) is 9.66. The van der Waals surface area contributed by atoms with Gasteiger partial charge in [-0.15, -0.1) is 0 Å². The van der Waals surface area contributed by atoms with Crippen molar-refractivity contribution in [1.29, 1.82) is 0 Å².